The zero-order valence-corrected chi connectivity index (χ0v) is 18.3. The lowest BCUT2D eigenvalue weighted by Crippen LogP contribution is -2.45. The molecule has 27 heavy (non-hydrogen) atoms. The first-order valence-corrected chi connectivity index (χ1v) is 12.9. The fraction of sp³-hybridized carbons (Fsp3) is 1.00. The summed E-state index contributed by atoms with van der Waals surface area (Å²) in [6.45, 7) is 11.8. The number of aliphatic hydroxyl groups excluding tert-OH is 2. The smallest absolute Gasteiger partial charge is 0.0793 e. The molecule has 0 spiro atoms. The van der Waals surface area contributed by atoms with Crippen molar-refractivity contribution in [2.45, 2.75) is 18.6 Å². The third kappa shape index (κ3) is 8.38. The SMILES string of the molecule is OC(CN1CCSCC1)CN1CCCN(CC(O)CN2CCSCC2)CC1. The first-order chi connectivity index (χ1) is 13.2. The number of β-amino-alcohol motifs (C(OH)–C–C–N with tert-alkyl or cyclic N) is 2. The molecule has 3 saturated heterocycles. The summed E-state index contributed by atoms with van der Waals surface area (Å²) in [7, 11) is 0. The molecule has 3 fully saturated rings. The van der Waals surface area contributed by atoms with Gasteiger partial charge in [-0.3, -0.25) is 19.6 Å². The molecule has 6 nitrogen and oxygen atoms in total. The molecule has 8 heteroatoms. The number of rotatable bonds is 8. The second kappa shape index (κ2) is 12.2. The first kappa shape index (κ1) is 22.2. The monoisotopic (exact) mass is 418 g/mol. The van der Waals surface area contributed by atoms with Gasteiger partial charge >= 0.3 is 0 Å². The van der Waals surface area contributed by atoms with Crippen molar-refractivity contribution in [1.29, 1.82) is 0 Å². The van der Waals surface area contributed by atoms with Crippen molar-refractivity contribution in [1.82, 2.24) is 19.6 Å². The third-order valence-corrected chi connectivity index (χ3v) is 7.65. The van der Waals surface area contributed by atoms with Gasteiger partial charge in [-0.05, 0) is 19.5 Å². The molecule has 0 aromatic heterocycles. The van der Waals surface area contributed by atoms with Crippen molar-refractivity contribution in [3.63, 3.8) is 0 Å². The molecule has 2 unspecified atom stereocenters. The van der Waals surface area contributed by atoms with Gasteiger partial charge in [0.05, 0.1) is 12.2 Å². The minimum atomic E-state index is -0.248. The van der Waals surface area contributed by atoms with Crippen molar-refractivity contribution in [3.8, 4) is 0 Å². The lowest BCUT2D eigenvalue weighted by atomic mass is 10.2. The van der Waals surface area contributed by atoms with Gasteiger partial charge < -0.3 is 10.2 Å². The van der Waals surface area contributed by atoms with Crippen LogP contribution in [0.15, 0.2) is 0 Å². The van der Waals surface area contributed by atoms with E-state index in [2.05, 4.69) is 19.6 Å². The molecular formula is C19H38N4O2S2. The van der Waals surface area contributed by atoms with E-state index in [1.54, 1.807) is 0 Å². The Labute approximate surface area is 173 Å². The highest BCUT2D eigenvalue weighted by Gasteiger charge is 2.22. The van der Waals surface area contributed by atoms with E-state index in [9.17, 15) is 10.2 Å². The van der Waals surface area contributed by atoms with E-state index in [0.29, 0.717) is 0 Å². The third-order valence-electron chi connectivity index (χ3n) is 5.76. The maximum absolute atomic E-state index is 10.5. The molecular weight excluding hydrogens is 380 g/mol. The van der Waals surface area contributed by atoms with E-state index in [0.717, 1.165) is 85.0 Å². The summed E-state index contributed by atoms with van der Waals surface area (Å²) in [4.78, 5) is 9.64. The van der Waals surface area contributed by atoms with Crippen LogP contribution in [0.1, 0.15) is 6.42 Å². The Bertz CT molecular complexity index is 373. The molecule has 3 heterocycles. The number of nitrogens with zero attached hydrogens (tertiary/aromatic N) is 4. The highest BCUT2D eigenvalue weighted by molar-refractivity contribution is 7.99. The van der Waals surface area contributed by atoms with Crippen LogP contribution in [0.2, 0.25) is 0 Å². The number of hydrogen-bond donors (Lipinski definition) is 2. The molecule has 3 rings (SSSR count). The summed E-state index contributed by atoms with van der Waals surface area (Å²) in [5, 5.41) is 21.0. The van der Waals surface area contributed by atoms with Gasteiger partial charge in [-0.1, -0.05) is 0 Å². The Kier molecular flexibility index (Phi) is 10.0. The van der Waals surface area contributed by atoms with E-state index in [-0.39, 0.29) is 12.2 Å². The maximum atomic E-state index is 10.5. The number of aliphatic hydroxyl groups is 2. The van der Waals surface area contributed by atoms with Gasteiger partial charge in [0.2, 0.25) is 0 Å². The van der Waals surface area contributed by atoms with Gasteiger partial charge in [-0.15, -0.1) is 0 Å². The molecule has 2 N–H and O–H groups in total. The van der Waals surface area contributed by atoms with E-state index in [4.69, 9.17) is 0 Å². The predicted molar refractivity (Wildman–Crippen MR) is 117 cm³/mol. The predicted octanol–water partition coefficient (Wildman–Crippen LogP) is -0.186. The first-order valence-electron chi connectivity index (χ1n) is 10.6. The molecule has 0 aliphatic carbocycles. The highest BCUT2D eigenvalue weighted by atomic mass is 32.2. The fourth-order valence-electron chi connectivity index (χ4n) is 4.26. The minimum absolute atomic E-state index is 0.248. The highest BCUT2D eigenvalue weighted by Crippen LogP contribution is 2.12. The average Bonchev–Trinajstić information content (AvgIpc) is 2.88. The molecule has 0 aromatic carbocycles. The maximum Gasteiger partial charge on any atom is 0.0793 e. The van der Waals surface area contributed by atoms with Gasteiger partial charge in [-0.25, -0.2) is 0 Å². The lowest BCUT2D eigenvalue weighted by molar-refractivity contribution is 0.0701. The molecule has 0 saturated carbocycles. The molecule has 2 atom stereocenters. The standard InChI is InChI=1S/C19H38N4O2S2/c24-18(16-22-6-10-26-11-7-22)14-20-2-1-3-21(5-4-20)15-19(25)17-23-8-12-27-13-9-23/h18-19,24-25H,1-17H2. The second-order valence-corrected chi connectivity index (χ2v) is 10.5. The van der Waals surface area contributed by atoms with Gasteiger partial charge in [-0.2, -0.15) is 23.5 Å². The Morgan fingerprint density at radius 3 is 1.22 bits per heavy atom. The Morgan fingerprint density at radius 2 is 0.852 bits per heavy atom. The second-order valence-electron chi connectivity index (χ2n) is 8.09. The summed E-state index contributed by atoms with van der Waals surface area (Å²) in [6, 6.07) is 0. The van der Waals surface area contributed by atoms with Crippen LogP contribution in [0, 0.1) is 0 Å². The van der Waals surface area contributed by atoms with Crippen molar-refractivity contribution in [2.24, 2.45) is 0 Å². The summed E-state index contributed by atoms with van der Waals surface area (Å²) in [5.74, 6) is 4.79. The van der Waals surface area contributed by atoms with E-state index in [1.807, 2.05) is 23.5 Å². The molecule has 0 bridgehead atoms. The van der Waals surface area contributed by atoms with Crippen LogP contribution < -0.4 is 0 Å². The van der Waals surface area contributed by atoms with E-state index < -0.39 is 0 Å². The van der Waals surface area contributed by atoms with Crippen LogP contribution in [0.5, 0.6) is 0 Å². The van der Waals surface area contributed by atoms with Crippen LogP contribution in [0.4, 0.5) is 0 Å². The number of hydrogen-bond acceptors (Lipinski definition) is 8. The number of thioether (sulfide) groups is 2. The zero-order valence-electron chi connectivity index (χ0n) is 16.7. The molecule has 3 aliphatic rings. The Morgan fingerprint density at radius 1 is 0.519 bits per heavy atom. The van der Waals surface area contributed by atoms with Crippen LogP contribution in [0.25, 0.3) is 0 Å². The normalized spacial score (nSPS) is 27.3. The molecule has 3 aliphatic heterocycles. The fourth-order valence-corrected chi connectivity index (χ4v) is 6.22. The van der Waals surface area contributed by atoms with Gasteiger partial charge in [0.25, 0.3) is 0 Å². The van der Waals surface area contributed by atoms with E-state index in [1.165, 1.54) is 23.0 Å². The van der Waals surface area contributed by atoms with Crippen molar-refractivity contribution in [2.75, 3.05) is 102 Å². The summed E-state index contributed by atoms with van der Waals surface area (Å²) in [6.07, 6.45) is 0.629. The van der Waals surface area contributed by atoms with Crippen LogP contribution in [0.3, 0.4) is 0 Å². The topological polar surface area (TPSA) is 53.4 Å². The average molecular weight is 419 g/mol. The molecule has 0 aromatic rings. The van der Waals surface area contributed by atoms with E-state index >= 15 is 0 Å². The summed E-state index contributed by atoms with van der Waals surface area (Å²) in [5.41, 5.74) is 0. The summed E-state index contributed by atoms with van der Waals surface area (Å²) < 4.78 is 0. The zero-order chi connectivity index (χ0) is 18.9. The van der Waals surface area contributed by atoms with Gasteiger partial charge in [0, 0.05) is 88.5 Å². The van der Waals surface area contributed by atoms with Crippen LogP contribution in [-0.2, 0) is 0 Å². The summed E-state index contributed by atoms with van der Waals surface area (Å²) >= 11 is 4.03. The van der Waals surface area contributed by atoms with Crippen LogP contribution in [-0.4, -0.2) is 144 Å². The minimum Gasteiger partial charge on any atom is -0.390 e. The molecule has 0 radical (unpaired) electrons. The van der Waals surface area contributed by atoms with Crippen LogP contribution >= 0.6 is 23.5 Å². The van der Waals surface area contributed by atoms with Crippen molar-refractivity contribution < 1.29 is 10.2 Å². The molecule has 158 valence electrons. The Hall–Kier alpha value is 0.460. The van der Waals surface area contributed by atoms with Crippen molar-refractivity contribution >= 4 is 23.5 Å². The van der Waals surface area contributed by atoms with Gasteiger partial charge in [0.15, 0.2) is 0 Å². The Balaban J connectivity index is 1.32. The largest absolute Gasteiger partial charge is 0.390 e. The molecule has 0 amide bonds. The van der Waals surface area contributed by atoms with Crippen molar-refractivity contribution in [3.05, 3.63) is 0 Å². The van der Waals surface area contributed by atoms with Gasteiger partial charge in [0.1, 0.15) is 0 Å². The lowest BCUT2D eigenvalue weighted by Gasteiger charge is -2.31. The quantitative estimate of drug-likeness (QED) is 0.563.